The molecule has 2 N–H and O–H groups in total. The minimum Gasteiger partial charge on any atom is -0.391 e. The number of aliphatic hydroxyl groups is 2. The van der Waals surface area contributed by atoms with Gasteiger partial charge in [-0.2, -0.15) is 0 Å². The number of hydrogen-bond acceptors (Lipinski definition) is 2. The maximum atomic E-state index is 9.87. The first-order chi connectivity index (χ1) is 6.04. The Morgan fingerprint density at radius 3 is 1.79 bits per heavy atom. The molecule has 0 spiro atoms. The van der Waals surface area contributed by atoms with Crippen molar-refractivity contribution in [1.82, 2.24) is 0 Å². The van der Waals surface area contributed by atoms with Crippen LogP contribution in [0.1, 0.15) is 41.5 Å². The molecule has 0 radical (unpaired) electrons. The van der Waals surface area contributed by atoms with Crippen molar-refractivity contribution in [2.24, 2.45) is 11.3 Å². The van der Waals surface area contributed by atoms with Crippen LogP contribution in [0.15, 0.2) is 0 Å². The molecule has 2 heteroatoms. The minimum absolute atomic E-state index is 0.124. The molecule has 0 saturated carbocycles. The summed E-state index contributed by atoms with van der Waals surface area (Å²) >= 11 is 0. The molecule has 0 bridgehead atoms. The van der Waals surface area contributed by atoms with E-state index in [1.165, 1.54) is 0 Å². The third-order valence-corrected chi connectivity index (χ3v) is 1.97. The van der Waals surface area contributed by atoms with Gasteiger partial charge in [0.2, 0.25) is 0 Å². The van der Waals surface area contributed by atoms with Crippen molar-refractivity contribution in [3.8, 4) is 11.8 Å². The molecule has 0 rings (SSSR count). The first-order valence-corrected chi connectivity index (χ1v) is 4.97. The fourth-order valence-electron chi connectivity index (χ4n) is 1.12. The van der Waals surface area contributed by atoms with E-state index < -0.39 is 11.7 Å². The van der Waals surface area contributed by atoms with E-state index in [-0.39, 0.29) is 11.3 Å². The molecule has 0 aromatic heterocycles. The first-order valence-electron chi connectivity index (χ1n) is 4.97. The molecule has 0 aromatic carbocycles. The Kier molecular flexibility index (Phi) is 4.17. The summed E-state index contributed by atoms with van der Waals surface area (Å²) in [6.45, 7) is 11.1. The molecular formula is C12H22O2. The summed E-state index contributed by atoms with van der Waals surface area (Å²) < 4.78 is 0. The van der Waals surface area contributed by atoms with Gasteiger partial charge in [0.1, 0.15) is 5.60 Å². The Morgan fingerprint density at radius 2 is 1.50 bits per heavy atom. The zero-order valence-electron chi connectivity index (χ0n) is 10.0. The normalized spacial score (nSPS) is 16.9. The smallest absolute Gasteiger partial charge is 0.119 e. The molecule has 0 aromatic rings. The maximum Gasteiger partial charge on any atom is 0.119 e. The highest BCUT2D eigenvalue weighted by molar-refractivity contribution is 5.13. The van der Waals surface area contributed by atoms with E-state index in [9.17, 15) is 10.2 Å². The average molecular weight is 198 g/mol. The van der Waals surface area contributed by atoms with Crippen LogP contribution in [0.2, 0.25) is 0 Å². The molecule has 0 aliphatic carbocycles. The van der Waals surface area contributed by atoms with Crippen molar-refractivity contribution >= 4 is 0 Å². The highest BCUT2D eigenvalue weighted by Crippen LogP contribution is 2.24. The average Bonchev–Trinajstić information content (AvgIpc) is 1.95. The molecule has 0 fully saturated rings. The Hall–Kier alpha value is -0.520. The molecular weight excluding hydrogens is 176 g/mol. The van der Waals surface area contributed by atoms with Gasteiger partial charge in [-0.25, -0.2) is 0 Å². The Morgan fingerprint density at radius 1 is 1.07 bits per heavy atom. The van der Waals surface area contributed by atoms with Crippen LogP contribution in [0.25, 0.3) is 0 Å². The Labute approximate surface area is 87.3 Å². The van der Waals surface area contributed by atoms with Crippen LogP contribution in [-0.4, -0.2) is 21.9 Å². The van der Waals surface area contributed by atoms with Crippen molar-refractivity contribution in [2.45, 2.75) is 53.2 Å². The molecule has 0 aliphatic rings. The zero-order chi connectivity index (χ0) is 11.6. The van der Waals surface area contributed by atoms with Crippen LogP contribution in [0.4, 0.5) is 0 Å². The lowest BCUT2D eigenvalue weighted by atomic mass is 9.82. The summed E-state index contributed by atoms with van der Waals surface area (Å²) in [5.41, 5.74) is -1.15. The molecule has 2 atom stereocenters. The standard InChI is InChI=1S/C12H22O2/c1-9(7-8-12(5,6)14)10(13)11(2,3)4/h9-10,13-14H,1-6H3. The molecule has 2 nitrogen and oxygen atoms in total. The van der Waals surface area contributed by atoms with E-state index in [1.54, 1.807) is 13.8 Å². The van der Waals surface area contributed by atoms with Gasteiger partial charge in [0.25, 0.3) is 0 Å². The lowest BCUT2D eigenvalue weighted by molar-refractivity contribution is 0.0364. The summed E-state index contributed by atoms with van der Waals surface area (Å²) in [5.74, 6) is 5.48. The Bertz CT molecular complexity index is 232. The van der Waals surface area contributed by atoms with Gasteiger partial charge in [-0.15, -0.1) is 0 Å². The zero-order valence-corrected chi connectivity index (χ0v) is 10.0. The summed E-state index contributed by atoms with van der Waals surface area (Å²) in [6.07, 6.45) is -0.475. The number of hydrogen-bond donors (Lipinski definition) is 2. The van der Waals surface area contributed by atoms with E-state index >= 15 is 0 Å². The van der Waals surface area contributed by atoms with Crippen molar-refractivity contribution < 1.29 is 10.2 Å². The summed E-state index contributed by atoms with van der Waals surface area (Å²) in [5, 5.41) is 19.3. The van der Waals surface area contributed by atoms with Crippen LogP contribution in [-0.2, 0) is 0 Å². The molecule has 82 valence electrons. The topological polar surface area (TPSA) is 40.5 Å². The van der Waals surface area contributed by atoms with Crippen LogP contribution in [0.5, 0.6) is 0 Å². The van der Waals surface area contributed by atoms with E-state index in [4.69, 9.17) is 0 Å². The quantitative estimate of drug-likeness (QED) is 0.631. The van der Waals surface area contributed by atoms with Crippen molar-refractivity contribution in [1.29, 1.82) is 0 Å². The van der Waals surface area contributed by atoms with Crippen LogP contribution in [0.3, 0.4) is 0 Å². The van der Waals surface area contributed by atoms with Gasteiger partial charge in [-0.3, -0.25) is 0 Å². The predicted octanol–water partition coefficient (Wildman–Crippen LogP) is 1.80. The van der Waals surface area contributed by atoms with E-state index in [2.05, 4.69) is 11.8 Å². The van der Waals surface area contributed by atoms with Crippen molar-refractivity contribution in [2.75, 3.05) is 0 Å². The van der Waals surface area contributed by atoms with Gasteiger partial charge in [0.15, 0.2) is 0 Å². The van der Waals surface area contributed by atoms with E-state index in [0.29, 0.717) is 0 Å². The molecule has 0 heterocycles. The third kappa shape index (κ3) is 5.26. The highest BCUT2D eigenvalue weighted by atomic mass is 16.3. The van der Waals surface area contributed by atoms with Gasteiger partial charge in [0, 0.05) is 5.92 Å². The monoisotopic (exact) mass is 198 g/mol. The second-order valence-corrected chi connectivity index (χ2v) is 5.43. The second kappa shape index (κ2) is 4.33. The van der Waals surface area contributed by atoms with Gasteiger partial charge in [0.05, 0.1) is 6.10 Å². The van der Waals surface area contributed by atoms with Gasteiger partial charge >= 0.3 is 0 Å². The molecule has 2 unspecified atom stereocenters. The summed E-state index contributed by atoms with van der Waals surface area (Å²) in [7, 11) is 0. The Balaban J connectivity index is 4.48. The number of rotatable bonds is 1. The van der Waals surface area contributed by atoms with Crippen LogP contribution < -0.4 is 0 Å². The van der Waals surface area contributed by atoms with Crippen LogP contribution >= 0.6 is 0 Å². The SMILES string of the molecule is CC(C#CC(C)(C)O)C(O)C(C)(C)C. The van der Waals surface area contributed by atoms with E-state index in [1.807, 2.05) is 27.7 Å². The lowest BCUT2D eigenvalue weighted by Crippen LogP contribution is -2.32. The number of aliphatic hydroxyl groups excluding tert-OH is 1. The second-order valence-electron chi connectivity index (χ2n) is 5.43. The van der Waals surface area contributed by atoms with Gasteiger partial charge < -0.3 is 10.2 Å². The minimum atomic E-state index is -0.980. The van der Waals surface area contributed by atoms with Crippen molar-refractivity contribution in [3.05, 3.63) is 0 Å². The fourth-order valence-corrected chi connectivity index (χ4v) is 1.12. The van der Waals surface area contributed by atoms with E-state index in [0.717, 1.165) is 0 Å². The predicted molar refractivity (Wildman–Crippen MR) is 58.7 cm³/mol. The molecule has 0 saturated heterocycles. The molecule has 0 amide bonds. The molecule has 14 heavy (non-hydrogen) atoms. The third-order valence-electron chi connectivity index (χ3n) is 1.97. The first kappa shape index (κ1) is 13.5. The summed E-state index contributed by atoms with van der Waals surface area (Å²) in [4.78, 5) is 0. The maximum absolute atomic E-state index is 9.87. The largest absolute Gasteiger partial charge is 0.391 e. The fraction of sp³-hybridized carbons (Fsp3) is 0.833. The van der Waals surface area contributed by atoms with Gasteiger partial charge in [-0.05, 0) is 26.2 Å². The highest BCUT2D eigenvalue weighted by Gasteiger charge is 2.26. The van der Waals surface area contributed by atoms with Gasteiger partial charge in [-0.1, -0.05) is 32.6 Å². The van der Waals surface area contributed by atoms with Crippen molar-refractivity contribution in [3.63, 3.8) is 0 Å². The van der Waals surface area contributed by atoms with Crippen LogP contribution in [0, 0.1) is 23.2 Å². The molecule has 0 aliphatic heterocycles. The lowest BCUT2D eigenvalue weighted by Gasteiger charge is -2.28. The summed E-state index contributed by atoms with van der Waals surface area (Å²) in [6, 6.07) is 0.